The molecule has 3 aromatic rings. The van der Waals surface area contributed by atoms with Crippen molar-refractivity contribution in [2.75, 3.05) is 10.6 Å². The number of para-hydroxylation sites is 1. The van der Waals surface area contributed by atoms with Gasteiger partial charge in [0.15, 0.2) is 5.75 Å². The van der Waals surface area contributed by atoms with E-state index in [1.165, 1.54) is 6.07 Å². The van der Waals surface area contributed by atoms with Crippen LogP contribution in [0, 0.1) is 5.41 Å². The molecule has 6 nitrogen and oxygen atoms in total. The number of anilines is 3. The molecule has 1 atom stereocenters. The normalized spacial score (nSPS) is 18.3. The van der Waals surface area contributed by atoms with Gasteiger partial charge in [0.1, 0.15) is 17.1 Å². The minimum Gasteiger partial charge on any atom is -0.504 e. The predicted molar refractivity (Wildman–Crippen MR) is 105 cm³/mol. The molecule has 140 valence electrons. The van der Waals surface area contributed by atoms with Crippen molar-refractivity contribution in [3.63, 3.8) is 0 Å². The summed E-state index contributed by atoms with van der Waals surface area (Å²) in [5, 5.41) is 16.3. The molecule has 27 heavy (non-hydrogen) atoms. The molecule has 0 bridgehead atoms. The second-order valence-corrected chi connectivity index (χ2v) is 7.94. The molecular formula is C20H19ClN2O4. The van der Waals surface area contributed by atoms with Crippen LogP contribution < -0.4 is 21.5 Å². The first-order valence-corrected chi connectivity index (χ1v) is 9.08. The fourth-order valence-corrected chi connectivity index (χ4v) is 3.80. The maximum Gasteiger partial charge on any atom is 0.253 e. The summed E-state index contributed by atoms with van der Waals surface area (Å²) in [7, 11) is 0. The van der Waals surface area contributed by atoms with Gasteiger partial charge in [-0.25, -0.2) is 0 Å². The average molecular weight is 387 g/mol. The van der Waals surface area contributed by atoms with Crippen molar-refractivity contribution in [2.24, 2.45) is 5.41 Å². The van der Waals surface area contributed by atoms with Crippen molar-refractivity contribution in [1.82, 2.24) is 0 Å². The average Bonchev–Trinajstić information content (AvgIpc) is 3.10. The number of hydrogen-bond donors (Lipinski definition) is 3. The number of fused-ring (bicyclic) bond motifs is 1. The number of aromatic hydroxyl groups is 1. The van der Waals surface area contributed by atoms with E-state index in [4.69, 9.17) is 16.0 Å². The van der Waals surface area contributed by atoms with Gasteiger partial charge < -0.3 is 20.2 Å². The first-order chi connectivity index (χ1) is 12.8. The van der Waals surface area contributed by atoms with E-state index < -0.39 is 10.9 Å². The second-order valence-electron chi connectivity index (χ2n) is 7.53. The number of hydrogen-bond acceptors (Lipinski definition) is 6. The number of aryl methyl sites for hydroxylation is 1. The lowest BCUT2D eigenvalue weighted by Crippen LogP contribution is -2.41. The van der Waals surface area contributed by atoms with Gasteiger partial charge in [-0.1, -0.05) is 31.5 Å². The number of phenolic OH excluding ortho intramolecular Hbond substituents is 1. The minimum atomic E-state index is -0.627. The zero-order valence-electron chi connectivity index (χ0n) is 14.9. The van der Waals surface area contributed by atoms with Crippen molar-refractivity contribution in [3.8, 4) is 5.75 Å². The highest BCUT2D eigenvalue weighted by molar-refractivity contribution is 6.32. The number of halogens is 1. The van der Waals surface area contributed by atoms with E-state index in [-0.39, 0.29) is 39.3 Å². The molecule has 1 aliphatic rings. The summed E-state index contributed by atoms with van der Waals surface area (Å²) in [5.41, 5.74) is 0.269. The van der Waals surface area contributed by atoms with Crippen LogP contribution in [0.5, 0.6) is 5.75 Å². The molecule has 0 amide bonds. The molecule has 1 unspecified atom stereocenters. The minimum absolute atomic E-state index is 0.129. The molecule has 3 N–H and O–H groups in total. The van der Waals surface area contributed by atoms with Crippen molar-refractivity contribution in [1.29, 1.82) is 0 Å². The number of rotatable bonds is 4. The van der Waals surface area contributed by atoms with Gasteiger partial charge in [-0.2, -0.15) is 0 Å². The van der Waals surface area contributed by atoms with Crippen LogP contribution in [0.25, 0.3) is 0 Å². The first-order valence-electron chi connectivity index (χ1n) is 8.70. The molecule has 4 rings (SSSR count). The van der Waals surface area contributed by atoms with E-state index in [2.05, 4.69) is 24.5 Å². The predicted octanol–water partition coefficient (Wildman–Crippen LogP) is 4.10. The summed E-state index contributed by atoms with van der Waals surface area (Å²) in [6.07, 6.45) is 3.37. The second kappa shape index (κ2) is 6.16. The van der Waals surface area contributed by atoms with Crippen molar-refractivity contribution in [2.45, 2.75) is 32.7 Å². The monoisotopic (exact) mass is 386 g/mol. The number of benzene rings is 1. The highest BCUT2D eigenvalue weighted by atomic mass is 35.5. The Morgan fingerprint density at radius 1 is 1.19 bits per heavy atom. The van der Waals surface area contributed by atoms with Gasteiger partial charge in [0, 0.05) is 12.0 Å². The van der Waals surface area contributed by atoms with Gasteiger partial charge in [-0.05, 0) is 30.0 Å². The van der Waals surface area contributed by atoms with Crippen molar-refractivity contribution >= 4 is 28.7 Å². The summed E-state index contributed by atoms with van der Waals surface area (Å²) in [4.78, 5) is 24.4. The molecule has 0 spiro atoms. The molecule has 0 radical (unpaired) electrons. The molecule has 0 saturated carbocycles. The quantitative estimate of drug-likeness (QED) is 0.462. The van der Waals surface area contributed by atoms with Crippen LogP contribution in [-0.2, 0) is 6.42 Å². The fourth-order valence-electron chi connectivity index (χ4n) is 3.63. The highest BCUT2D eigenvalue weighted by Gasteiger charge is 2.39. The Labute approximate surface area is 160 Å². The third-order valence-corrected chi connectivity index (χ3v) is 5.62. The highest BCUT2D eigenvalue weighted by Crippen LogP contribution is 2.46. The molecule has 0 fully saturated rings. The van der Waals surface area contributed by atoms with E-state index in [0.29, 0.717) is 0 Å². The molecule has 2 aromatic carbocycles. The van der Waals surface area contributed by atoms with Crippen molar-refractivity contribution < 1.29 is 9.52 Å². The van der Waals surface area contributed by atoms with E-state index >= 15 is 0 Å². The zero-order chi connectivity index (χ0) is 19.3. The van der Waals surface area contributed by atoms with Gasteiger partial charge in [-0.3, -0.25) is 9.59 Å². The van der Waals surface area contributed by atoms with Gasteiger partial charge in [0.05, 0.1) is 23.0 Å². The molecule has 7 heteroatoms. The Kier molecular flexibility index (Phi) is 4.03. The Morgan fingerprint density at radius 2 is 1.93 bits per heavy atom. The number of nitrogens with one attached hydrogen (secondary N) is 2. The molecule has 1 aromatic heterocycles. The summed E-state index contributed by atoms with van der Waals surface area (Å²) >= 11 is 5.91. The Morgan fingerprint density at radius 3 is 2.70 bits per heavy atom. The maximum absolute atomic E-state index is 12.2. The van der Waals surface area contributed by atoms with Gasteiger partial charge in [0.2, 0.25) is 0 Å². The summed E-state index contributed by atoms with van der Waals surface area (Å²) in [6, 6.07) is 6.49. The Bertz CT molecular complexity index is 1090. The standard InChI is InChI=1S/C20H19ClN2O4/c1-20(2)8-6-13-10(7-9-27-13)19(20)23-15-14(17(25)18(15)26)22-12-5-3-4-11(21)16(12)24/h3-5,7,9,19,22-24H,6,8H2,1-2H3. The number of furan rings is 1. The van der Waals surface area contributed by atoms with Crippen molar-refractivity contribution in [3.05, 3.63) is 67.3 Å². The lowest BCUT2D eigenvalue weighted by atomic mass is 9.72. The van der Waals surface area contributed by atoms with E-state index in [9.17, 15) is 14.7 Å². The van der Waals surface area contributed by atoms with Crippen LogP contribution in [-0.4, -0.2) is 5.11 Å². The molecular weight excluding hydrogens is 368 g/mol. The van der Waals surface area contributed by atoms with Crippen LogP contribution in [0.3, 0.4) is 0 Å². The van der Waals surface area contributed by atoms with Crippen LogP contribution in [0.4, 0.5) is 17.1 Å². The summed E-state index contributed by atoms with van der Waals surface area (Å²) in [6.45, 7) is 4.23. The first kappa shape index (κ1) is 17.7. The number of phenols is 1. The zero-order valence-corrected chi connectivity index (χ0v) is 15.7. The maximum atomic E-state index is 12.2. The van der Waals surface area contributed by atoms with Crippen LogP contribution >= 0.6 is 11.6 Å². The van der Waals surface area contributed by atoms with Crippen LogP contribution in [0.2, 0.25) is 5.02 Å². The van der Waals surface area contributed by atoms with E-state index in [1.807, 2.05) is 6.07 Å². The van der Waals surface area contributed by atoms with E-state index in [0.717, 1.165) is 24.2 Å². The summed E-state index contributed by atoms with van der Waals surface area (Å²) in [5.74, 6) is 0.723. The molecule has 0 aliphatic heterocycles. The van der Waals surface area contributed by atoms with Crippen LogP contribution in [0.1, 0.15) is 37.6 Å². The van der Waals surface area contributed by atoms with E-state index in [1.54, 1.807) is 18.4 Å². The molecule has 1 heterocycles. The lowest BCUT2D eigenvalue weighted by Gasteiger charge is -2.39. The fraction of sp³-hybridized carbons (Fsp3) is 0.300. The molecule has 0 saturated heterocycles. The SMILES string of the molecule is CC1(C)CCc2occc2C1Nc1c(Nc2cccc(Cl)c2O)c(=O)c1=O. The third kappa shape index (κ3) is 2.80. The topological polar surface area (TPSA) is 91.6 Å². The summed E-state index contributed by atoms with van der Waals surface area (Å²) < 4.78 is 5.54. The third-order valence-electron chi connectivity index (χ3n) is 5.31. The largest absolute Gasteiger partial charge is 0.504 e. The van der Waals surface area contributed by atoms with Crippen LogP contribution in [0.15, 0.2) is 44.5 Å². The van der Waals surface area contributed by atoms with Gasteiger partial charge >= 0.3 is 0 Å². The Hall–Kier alpha value is -2.73. The van der Waals surface area contributed by atoms with Gasteiger partial charge in [-0.15, -0.1) is 0 Å². The lowest BCUT2D eigenvalue weighted by molar-refractivity contribution is 0.250. The molecule has 1 aliphatic carbocycles. The smallest absolute Gasteiger partial charge is 0.253 e. The van der Waals surface area contributed by atoms with Gasteiger partial charge in [0.25, 0.3) is 10.9 Å². The Balaban J connectivity index is 1.69.